The van der Waals surface area contributed by atoms with E-state index in [-0.39, 0.29) is 36.4 Å². The average molecular weight is 636 g/mol. The number of esters is 1. The second kappa shape index (κ2) is 13.2. The number of para-hydroxylation sites is 1. The topological polar surface area (TPSA) is 96.5 Å². The standard InChI is InChI=1S/C38H41N3O6/c1-46-35(42)23-29-21-26-13-5-6-15-28(26)24-39(29)36(43)33-20-19-32(25-11-3-2-4-12-25)40(33)37(44)34-22-27-14-7-10-18-31(27)41(34)38(45)47-30-16-8-9-17-30/h2-7,10-15,18,29-30,32-34H,8-9,16-17,19-24H2,1H3/t29-,32+,33-,34-/m1/s1. The zero-order valence-electron chi connectivity index (χ0n) is 26.8. The molecule has 0 spiro atoms. The Morgan fingerprint density at radius 1 is 0.723 bits per heavy atom. The molecule has 9 heteroatoms. The molecule has 1 saturated carbocycles. The van der Waals surface area contributed by atoms with Crippen LogP contribution in [-0.2, 0) is 43.2 Å². The summed E-state index contributed by atoms with van der Waals surface area (Å²) in [4.78, 5) is 61.1. The quantitative estimate of drug-likeness (QED) is 0.321. The van der Waals surface area contributed by atoms with Gasteiger partial charge < -0.3 is 19.3 Å². The fraction of sp³-hybridized carbons (Fsp3) is 0.421. The third-order valence-electron chi connectivity index (χ3n) is 10.4. The average Bonchev–Trinajstić information content (AvgIpc) is 3.87. The minimum absolute atomic E-state index is 0.0675. The number of anilines is 1. The fourth-order valence-corrected chi connectivity index (χ4v) is 8.05. The number of methoxy groups -OCH3 is 1. The van der Waals surface area contributed by atoms with E-state index in [0.29, 0.717) is 37.9 Å². The molecule has 47 heavy (non-hydrogen) atoms. The minimum atomic E-state index is -0.839. The highest BCUT2D eigenvalue weighted by atomic mass is 16.6. The predicted molar refractivity (Wildman–Crippen MR) is 175 cm³/mol. The smallest absolute Gasteiger partial charge is 0.415 e. The van der Waals surface area contributed by atoms with Crippen molar-refractivity contribution in [3.8, 4) is 0 Å². The number of carbonyl (C=O) groups is 4. The van der Waals surface area contributed by atoms with E-state index >= 15 is 0 Å². The molecule has 1 aliphatic carbocycles. The van der Waals surface area contributed by atoms with Crippen molar-refractivity contribution in [2.75, 3.05) is 12.0 Å². The Bertz CT molecular complexity index is 1650. The number of rotatable bonds is 6. The molecule has 2 fully saturated rings. The first-order valence-corrected chi connectivity index (χ1v) is 16.8. The second-order valence-electron chi connectivity index (χ2n) is 13.1. The summed E-state index contributed by atoms with van der Waals surface area (Å²) in [5.74, 6) is -0.833. The van der Waals surface area contributed by atoms with Crippen LogP contribution in [0, 0.1) is 0 Å². The van der Waals surface area contributed by atoms with Gasteiger partial charge in [0.25, 0.3) is 0 Å². The first kappa shape index (κ1) is 31.0. The number of ether oxygens (including phenoxy) is 2. The van der Waals surface area contributed by atoms with Gasteiger partial charge in [0, 0.05) is 19.0 Å². The van der Waals surface area contributed by atoms with E-state index in [2.05, 4.69) is 0 Å². The lowest BCUT2D eigenvalue weighted by Crippen LogP contribution is -2.57. The first-order valence-electron chi connectivity index (χ1n) is 16.8. The molecule has 3 heterocycles. The summed E-state index contributed by atoms with van der Waals surface area (Å²) >= 11 is 0. The highest BCUT2D eigenvalue weighted by molar-refractivity contribution is 6.02. The lowest BCUT2D eigenvalue weighted by Gasteiger charge is -2.41. The summed E-state index contributed by atoms with van der Waals surface area (Å²) in [6.45, 7) is 0.347. The van der Waals surface area contributed by atoms with Crippen LogP contribution in [-0.4, -0.2) is 65.0 Å². The van der Waals surface area contributed by atoms with Crippen LogP contribution in [0.5, 0.6) is 0 Å². The number of hydrogen-bond acceptors (Lipinski definition) is 6. The number of carbonyl (C=O) groups excluding carboxylic acids is 4. The van der Waals surface area contributed by atoms with Crippen molar-refractivity contribution in [1.29, 1.82) is 0 Å². The lowest BCUT2D eigenvalue weighted by atomic mass is 9.91. The van der Waals surface area contributed by atoms with Crippen molar-refractivity contribution in [1.82, 2.24) is 9.80 Å². The number of benzene rings is 3. The van der Waals surface area contributed by atoms with Crippen molar-refractivity contribution < 1.29 is 28.7 Å². The van der Waals surface area contributed by atoms with Crippen LogP contribution in [0.25, 0.3) is 0 Å². The SMILES string of the molecule is COC(=O)C[C@H]1Cc2ccccc2CN1C(=O)[C@H]1CC[C@@H](c2ccccc2)N1C(=O)[C@H]1Cc2ccccc2N1C(=O)OC1CCCC1. The molecule has 0 aromatic heterocycles. The maximum atomic E-state index is 15.0. The molecule has 7 rings (SSSR count). The number of likely N-dealkylation sites (tertiary alicyclic amines) is 1. The Labute approximate surface area is 275 Å². The highest BCUT2D eigenvalue weighted by Gasteiger charge is 2.50. The van der Waals surface area contributed by atoms with Gasteiger partial charge in [-0.15, -0.1) is 0 Å². The van der Waals surface area contributed by atoms with Gasteiger partial charge in [-0.1, -0.05) is 72.8 Å². The Balaban J connectivity index is 1.23. The Hall–Kier alpha value is -4.66. The van der Waals surface area contributed by atoms with Gasteiger partial charge in [0.05, 0.1) is 25.3 Å². The molecule has 4 atom stereocenters. The maximum Gasteiger partial charge on any atom is 0.415 e. The summed E-state index contributed by atoms with van der Waals surface area (Å²) < 4.78 is 11.0. The van der Waals surface area contributed by atoms with Crippen molar-refractivity contribution in [3.05, 3.63) is 101 Å². The molecule has 9 nitrogen and oxygen atoms in total. The molecule has 0 unspecified atom stereocenters. The van der Waals surface area contributed by atoms with Gasteiger partial charge in [-0.2, -0.15) is 0 Å². The summed E-state index contributed by atoms with van der Waals surface area (Å²) in [6.07, 6.45) is 5.03. The van der Waals surface area contributed by atoms with Crippen LogP contribution in [0.3, 0.4) is 0 Å². The van der Waals surface area contributed by atoms with Crippen LogP contribution in [0.2, 0.25) is 0 Å². The van der Waals surface area contributed by atoms with E-state index in [1.165, 1.54) is 12.0 Å². The molecule has 4 aliphatic rings. The molecular formula is C38H41N3O6. The van der Waals surface area contributed by atoms with Crippen molar-refractivity contribution in [2.45, 2.75) is 94.6 Å². The summed E-state index contributed by atoms with van der Waals surface area (Å²) in [7, 11) is 1.36. The van der Waals surface area contributed by atoms with Crippen LogP contribution in [0.1, 0.15) is 73.2 Å². The summed E-state index contributed by atoms with van der Waals surface area (Å²) in [5, 5.41) is 0. The molecule has 3 aromatic rings. The molecular weight excluding hydrogens is 594 g/mol. The fourth-order valence-electron chi connectivity index (χ4n) is 8.05. The van der Waals surface area contributed by atoms with Gasteiger partial charge in [-0.3, -0.25) is 19.3 Å². The highest BCUT2D eigenvalue weighted by Crippen LogP contribution is 2.42. The molecule has 0 N–H and O–H groups in total. The molecule has 3 aliphatic heterocycles. The van der Waals surface area contributed by atoms with Gasteiger partial charge in [-0.25, -0.2) is 4.79 Å². The van der Waals surface area contributed by atoms with Gasteiger partial charge >= 0.3 is 12.1 Å². The third-order valence-corrected chi connectivity index (χ3v) is 10.4. The van der Waals surface area contributed by atoms with E-state index in [1.807, 2.05) is 78.9 Å². The molecule has 3 amide bonds. The van der Waals surface area contributed by atoms with E-state index in [9.17, 15) is 19.2 Å². The zero-order chi connectivity index (χ0) is 32.5. The third kappa shape index (κ3) is 5.99. The van der Waals surface area contributed by atoms with E-state index in [4.69, 9.17) is 9.47 Å². The summed E-state index contributed by atoms with van der Waals surface area (Å²) in [5.41, 5.74) is 4.66. The zero-order valence-corrected chi connectivity index (χ0v) is 26.8. The first-order chi connectivity index (χ1) is 22.9. The minimum Gasteiger partial charge on any atom is -0.469 e. The van der Waals surface area contributed by atoms with Crippen LogP contribution in [0.4, 0.5) is 10.5 Å². The normalized spacial score (nSPS) is 23.7. The lowest BCUT2D eigenvalue weighted by molar-refractivity contribution is -0.150. The van der Waals surface area contributed by atoms with Crippen molar-refractivity contribution in [3.63, 3.8) is 0 Å². The van der Waals surface area contributed by atoms with Crippen molar-refractivity contribution >= 4 is 29.6 Å². The number of nitrogens with zero attached hydrogens (tertiary/aromatic N) is 3. The molecule has 1 saturated heterocycles. The van der Waals surface area contributed by atoms with Crippen molar-refractivity contribution in [2.24, 2.45) is 0 Å². The van der Waals surface area contributed by atoms with E-state index < -0.39 is 24.2 Å². The Morgan fingerprint density at radius 3 is 2.15 bits per heavy atom. The Kier molecular flexibility index (Phi) is 8.71. The van der Waals surface area contributed by atoms with Gasteiger partial charge in [0.15, 0.2) is 0 Å². The number of hydrogen-bond donors (Lipinski definition) is 0. The van der Waals surface area contributed by atoms with Gasteiger partial charge in [0.2, 0.25) is 11.8 Å². The molecule has 0 radical (unpaired) electrons. The molecule has 0 bridgehead atoms. The van der Waals surface area contributed by atoms with E-state index in [1.54, 1.807) is 9.80 Å². The molecule has 3 aromatic carbocycles. The van der Waals surface area contributed by atoms with Crippen LogP contribution < -0.4 is 4.90 Å². The molecule has 244 valence electrons. The van der Waals surface area contributed by atoms with Crippen LogP contribution in [0.15, 0.2) is 78.9 Å². The van der Waals surface area contributed by atoms with Crippen LogP contribution >= 0.6 is 0 Å². The number of amides is 3. The van der Waals surface area contributed by atoms with Gasteiger partial charge in [-0.05, 0) is 73.3 Å². The maximum absolute atomic E-state index is 15.0. The Morgan fingerprint density at radius 2 is 1.40 bits per heavy atom. The largest absolute Gasteiger partial charge is 0.469 e. The predicted octanol–water partition coefficient (Wildman–Crippen LogP) is 5.75. The van der Waals surface area contributed by atoms with E-state index in [0.717, 1.165) is 47.9 Å². The second-order valence-corrected chi connectivity index (χ2v) is 13.1. The number of fused-ring (bicyclic) bond motifs is 2. The monoisotopic (exact) mass is 635 g/mol. The van der Waals surface area contributed by atoms with Gasteiger partial charge in [0.1, 0.15) is 18.2 Å². The summed E-state index contributed by atoms with van der Waals surface area (Å²) in [6, 6.07) is 23.0.